The number of para-hydroxylation sites is 1. The van der Waals surface area contributed by atoms with Crippen molar-refractivity contribution in [1.82, 2.24) is 0 Å². The molecule has 1 aromatic carbocycles. The van der Waals surface area contributed by atoms with E-state index in [1.54, 1.807) is 7.11 Å². The van der Waals surface area contributed by atoms with E-state index in [9.17, 15) is 0 Å². The number of benzene rings is 1. The summed E-state index contributed by atoms with van der Waals surface area (Å²) < 4.78 is 5.10. The average molecular weight is 133 g/mol. The first-order valence-electron chi connectivity index (χ1n) is 3.31. The van der Waals surface area contributed by atoms with Gasteiger partial charge in [-0.2, -0.15) is 0 Å². The van der Waals surface area contributed by atoms with Crippen LogP contribution in [0.15, 0.2) is 24.3 Å². The van der Waals surface area contributed by atoms with Crippen LogP contribution < -0.4 is 10.2 Å². The highest BCUT2D eigenvalue weighted by Crippen LogP contribution is 2.03. The lowest BCUT2D eigenvalue weighted by molar-refractivity contribution is 0.418. The van der Waals surface area contributed by atoms with Gasteiger partial charge in [-0.05, 0) is 11.5 Å². The summed E-state index contributed by atoms with van der Waals surface area (Å²) in [6.07, 6.45) is 0. The topological polar surface area (TPSA) is 9.23 Å². The van der Waals surface area contributed by atoms with Crippen molar-refractivity contribution in [3.05, 3.63) is 24.3 Å². The Balaban J connectivity index is 2.96. The van der Waals surface area contributed by atoms with E-state index in [2.05, 4.69) is 0 Å². The van der Waals surface area contributed by atoms with Gasteiger partial charge in [0.1, 0.15) is 5.75 Å². The van der Waals surface area contributed by atoms with Gasteiger partial charge >= 0.3 is 0 Å². The van der Waals surface area contributed by atoms with Crippen LogP contribution in [0.5, 0.6) is 5.75 Å². The zero-order valence-corrected chi connectivity index (χ0v) is 6.29. The largest absolute Gasteiger partial charge is 0.497 e. The molecule has 0 atom stereocenters. The van der Waals surface area contributed by atoms with Crippen molar-refractivity contribution >= 4 is 12.7 Å². The van der Waals surface area contributed by atoms with E-state index in [0.717, 1.165) is 11.2 Å². The van der Waals surface area contributed by atoms with Crippen molar-refractivity contribution in [2.45, 2.75) is 6.82 Å². The maximum Gasteiger partial charge on any atom is 0.153 e. The molecule has 0 aliphatic heterocycles. The number of hydrogen-bond donors (Lipinski definition) is 0. The second-order valence-corrected chi connectivity index (χ2v) is 2.03. The Hall–Kier alpha value is -0.915. The van der Waals surface area contributed by atoms with E-state index >= 15 is 0 Å². The van der Waals surface area contributed by atoms with Gasteiger partial charge < -0.3 is 4.74 Å². The Morgan fingerprint density at radius 2 is 2.00 bits per heavy atom. The molecule has 0 aliphatic carbocycles. The van der Waals surface area contributed by atoms with Gasteiger partial charge in [0.15, 0.2) is 7.28 Å². The molecule has 10 heavy (non-hydrogen) atoms. The van der Waals surface area contributed by atoms with Gasteiger partial charge in [0.05, 0.1) is 7.11 Å². The highest BCUT2D eigenvalue weighted by Gasteiger charge is 1.96. The van der Waals surface area contributed by atoms with Crippen molar-refractivity contribution in [1.29, 1.82) is 0 Å². The molecule has 1 rings (SSSR count). The minimum absolute atomic E-state index is 0.935. The van der Waals surface area contributed by atoms with Crippen LogP contribution in [0.1, 0.15) is 0 Å². The highest BCUT2D eigenvalue weighted by atomic mass is 16.5. The van der Waals surface area contributed by atoms with Crippen LogP contribution >= 0.6 is 0 Å². The maximum atomic E-state index is 5.10. The predicted molar refractivity (Wildman–Crippen MR) is 44.2 cm³/mol. The Labute approximate surface area is 62.3 Å². The zero-order chi connectivity index (χ0) is 7.40. The Kier molecular flexibility index (Phi) is 2.38. The highest BCUT2D eigenvalue weighted by molar-refractivity contribution is 6.53. The molecule has 1 aromatic rings. The SMILES string of the molecule is C[B]c1ccccc1OC. The van der Waals surface area contributed by atoms with Crippen molar-refractivity contribution in [3.8, 4) is 5.75 Å². The van der Waals surface area contributed by atoms with Crippen molar-refractivity contribution in [2.24, 2.45) is 0 Å². The minimum Gasteiger partial charge on any atom is -0.497 e. The molecule has 2 heteroatoms. The summed E-state index contributed by atoms with van der Waals surface area (Å²) in [6, 6.07) is 7.94. The van der Waals surface area contributed by atoms with Gasteiger partial charge in [-0.25, -0.2) is 0 Å². The average Bonchev–Trinajstić information content (AvgIpc) is 2.04. The fourth-order valence-electron chi connectivity index (χ4n) is 0.905. The fourth-order valence-corrected chi connectivity index (χ4v) is 0.905. The number of ether oxygens (including phenoxy) is 1. The fraction of sp³-hybridized carbons (Fsp3) is 0.250. The molecule has 0 bridgehead atoms. The van der Waals surface area contributed by atoms with Crippen LogP contribution in [-0.4, -0.2) is 14.4 Å². The molecule has 0 N–H and O–H groups in total. The van der Waals surface area contributed by atoms with Gasteiger partial charge in [-0.1, -0.05) is 25.0 Å². The summed E-state index contributed by atoms with van der Waals surface area (Å²) in [7, 11) is 3.71. The molecular formula is C8H10BO. The molecular weight excluding hydrogens is 123 g/mol. The molecule has 1 nitrogen and oxygen atoms in total. The third-order valence-corrected chi connectivity index (χ3v) is 1.45. The number of rotatable bonds is 2. The Morgan fingerprint density at radius 3 is 2.50 bits per heavy atom. The summed E-state index contributed by atoms with van der Waals surface area (Å²) in [5.41, 5.74) is 1.14. The zero-order valence-electron chi connectivity index (χ0n) is 6.29. The first-order valence-corrected chi connectivity index (χ1v) is 3.31. The molecule has 0 unspecified atom stereocenters. The Morgan fingerprint density at radius 1 is 1.30 bits per heavy atom. The standard InChI is InChI=1S/C8H10BO/c1-9-7-5-3-4-6-8(7)10-2/h3-6H,1-2H3. The van der Waals surface area contributed by atoms with Gasteiger partial charge in [-0.3, -0.25) is 0 Å². The lowest BCUT2D eigenvalue weighted by Crippen LogP contribution is -2.12. The number of hydrogen-bond acceptors (Lipinski definition) is 1. The van der Waals surface area contributed by atoms with Crippen LogP contribution in [0, 0.1) is 0 Å². The quantitative estimate of drug-likeness (QED) is 0.548. The van der Waals surface area contributed by atoms with E-state index in [-0.39, 0.29) is 0 Å². The van der Waals surface area contributed by atoms with Crippen LogP contribution in [0.3, 0.4) is 0 Å². The third kappa shape index (κ3) is 1.32. The molecule has 0 saturated carbocycles. The smallest absolute Gasteiger partial charge is 0.153 e. The second-order valence-electron chi connectivity index (χ2n) is 2.03. The van der Waals surface area contributed by atoms with E-state index in [4.69, 9.17) is 4.74 Å². The molecule has 0 amide bonds. The minimum atomic E-state index is 0.935. The van der Waals surface area contributed by atoms with Crippen molar-refractivity contribution in [3.63, 3.8) is 0 Å². The van der Waals surface area contributed by atoms with Crippen LogP contribution in [-0.2, 0) is 0 Å². The molecule has 0 saturated heterocycles. The van der Waals surface area contributed by atoms with E-state index in [1.165, 1.54) is 0 Å². The first-order chi connectivity index (χ1) is 4.88. The molecule has 1 radical (unpaired) electrons. The van der Waals surface area contributed by atoms with Crippen LogP contribution in [0.25, 0.3) is 0 Å². The first kappa shape index (κ1) is 7.20. The van der Waals surface area contributed by atoms with E-state index in [1.807, 2.05) is 38.4 Å². The van der Waals surface area contributed by atoms with Gasteiger partial charge in [-0.15, -0.1) is 0 Å². The summed E-state index contributed by atoms with van der Waals surface area (Å²) in [6.45, 7) is 2.00. The molecule has 0 fully saturated rings. The normalized spacial score (nSPS) is 9.00. The summed E-state index contributed by atoms with van der Waals surface area (Å²) in [4.78, 5) is 0. The predicted octanol–water partition coefficient (Wildman–Crippen LogP) is 1.07. The molecule has 0 heterocycles. The summed E-state index contributed by atoms with van der Waals surface area (Å²) in [5.74, 6) is 0.935. The molecule has 0 aromatic heterocycles. The summed E-state index contributed by atoms with van der Waals surface area (Å²) in [5, 5.41) is 0. The Bertz CT molecular complexity index is 187. The number of methoxy groups -OCH3 is 1. The molecule has 51 valence electrons. The third-order valence-electron chi connectivity index (χ3n) is 1.45. The monoisotopic (exact) mass is 133 g/mol. The second kappa shape index (κ2) is 3.30. The lowest BCUT2D eigenvalue weighted by Gasteiger charge is -2.03. The maximum absolute atomic E-state index is 5.10. The lowest BCUT2D eigenvalue weighted by atomic mass is 9.73. The van der Waals surface area contributed by atoms with Gasteiger partial charge in [0.25, 0.3) is 0 Å². The molecule has 0 spiro atoms. The molecule has 0 aliphatic rings. The van der Waals surface area contributed by atoms with Crippen LogP contribution in [0.4, 0.5) is 0 Å². The van der Waals surface area contributed by atoms with E-state index in [0.29, 0.717) is 0 Å². The van der Waals surface area contributed by atoms with Crippen molar-refractivity contribution < 1.29 is 4.74 Å². The van der Waals surface area contributed by atoms with E-state index < -0.39 is 0 Å². The summed E-state index contributed by atoms with van der Waals surface area (Å²) >= 11 is 0. The van der Waals surface area contributed by atoms with Gasteiger partial charge in [0.2, 0.25) is 0 Å². The van der Waals surface area contributed by atoms with Crippen molar-refractivity contribution in [2.75, 3.05) is 7.11 Å². The van der Waals surface area contributed by atoms with Gasteiger partial charge in [0, 0.05) is 0 Å². The van der Waals surface area contributed by atoms with Crippen LogP contribution in [0.2, 0.25) is 6.82 Å².